The van der Waals surface area contributed by atoms with Gasteiger partial charge in [0, 0.05) is 25.4 Å². The summed E-state index contributed by atoms with van der Waals surface area (Å²) in [5, 5.41) is 5.09. The van der Waals surface area contributed by atoms with Gasteiger partial charge in [-0.2, -0.15) is 5.10 Å². The maximum Gasteiger partial charge on any atom is 0.269 e. The Morgan fingerprint density at radius 2 is 1.87 bits per heavy atom. The first-order valence-corrected chi connectivity index (χ1v) is 7.73. The highest BCUT2D eigenvalue weighted by atomic mass is 16.1. The van der Waals surface area contributed by atoms with Crippen molar-refractivity contribution in [1.29, 1.82) is 0 Å². The number of pyridine rings is 1. The fourth-order valence-corrected chi connectivity index (χ4v) is 3.07. The molecule has 6 nitrogen and oxygen atoms in total. The van der Waals surface area contributed by atoms with Crippen LogP contribution in [0.1, 0.15) is 23.3 Å². The van der Waals surface area contributed by atoms with E-state index in [1.165, 1.54) is 12.8 Å². The van der Waals surface area contributed by atoms with Gasteiger partial charge < -0.3 is 10.6 Å². The van der Waals surface area contributed by atoms with Gasteiger partial charge in [0.2, 0.25) is 0 Å². The van der Waals surface area contributed by atoms with Crippen molar-refractivity contribution in [2.75, 3.05) is 18.0 Å². The van der Waals surface area contributed by atoms with Crippen LogP contribution in [-0.4, -0.2) is 33.8 Å². The van der Waals surface area contributed by atoms with Crippen molar-refractivity contribution in [2.24, 2.45) is 5.73 Å². The standard InChI is InChI=1S/C17H17N5O/c18-17(23)16-13-11-19-15(21-8-4-5-9-21)10-14(13)22(20-16)12-6-2-1-3-7-12/h1-3,6-7,10-11H,4-5,8-9H2,(H2,18,23). The fraction of sp³-hybridized carbons (Fsp3) is 0.235. The molecule has 0 unspecified atom stereocenters. The number of carbonyl (C=O) groups excluding carboxylic acids is 1. The highest BCUT2D eigenvalue weighted by molar-refractivity contribution is 6.04. The maximum atomic E-state index is 11.7. The van der Waals surface area contributed by atoms with Crippen molar-refractivity contribution in [3.05, 3.63) is 48.3 Å². The molecule has 0 radical (unpaired) electrons. The fourth-order valence-electron chi connectivity index (χ4n) is 3.07. The van der Waals surface area contributed by atoms with Gasteiger partial charge >= 0.3 is 0 Å². The number of hydrogen-bond acceptors (Lipinski definition) is 4. The number of carbonyl (C=O) groups is 1. The molecular formula is C17H17N5O. The molecule has 6 heteroatoms. The first-order chi connectivity index (χ1) is 11.2. The highest BCUT2D eigenvalue weighted by Crippen LogP contribution is 2.26. The lowest BCUT2D eigenvalue weighted by Crippen LogP contribution is -2.18. The molecule has 0 atom stereocenters. The largest absolute Gasteiger partial charge is 0.364 e. The highest BCUT2D eigenvalue weighted by Gasteiger charge is 2.19. The predicted octanol–water partition coefficient (Wildman–Crippen LogP) is 2.12. The molecule has 1 aromatic carbocycles. The quantitative estimate of drug-likeness (QED) is 0.804. The van der Waals surface area contributed by atoms with E-state index in [9.17, 15) is 4.79 Å². The van der Waals surface area contributed by atoms with Crippen molar-refractivity contribution in [3.8, 4) is 5.69 Å². The third-order valence-electron chi connectivity index (χ3n) is 4.22. The van der Waals surface area contributed by atoms with E-state index in [1.54, 1.807) is 10.9 Å². The smallest absolute Gasteiger partial charge is 0.269 e. The monoisotopic (exact) mass is 307 g/mol. The van der Waals surface area contributed by atoms with Crippen LogP contribution in [0, 0.1) is 0 Å². The molecule has 2 aromatic heterocycles. The van der Waals surface area contributed by atoms with Crippen molar-refractivity contribution >= 4 is 22.6 Å². The maximum absolute atomic E-state index is 11.7. The summed E-state index contributed by atoms with van der Waals surface area (Å²) in [6, 6.07) is 11.7. The molecular weight excluding hydrogens is 290 g/mol. The van der Waals surface area contributed by atoms with Crippen LogP contribution in [0.4, 0.5) is 5.82 Å². The van der Waals surface area contributed by atoms with Crippen LogP contribution >= 0.6 is 0 Å². The number of aromatic nitrogens is 3. The molecule has 1 saturated heterocycles. The first kappa shape index (κ1) is 13.8. The Kier molecular flexibility index (Phi) is 3.22. The third-order valence-corrected chi connectivity index (χ3v) is 4.22. The van der Waals surface area contributed by atoms with E-state index in [2.05, 4.69) is 15.0 Å². The zero-order valence-electron chi connectivity index (χ0n) is 12.6. The summed E-state index contributed by atoms with van der Waals surface area (Å²) in [6.45, 7) is 2.03. The molecule has 3 heterocycles. The van der Waals surface area contributed by atoms with Crippen LogP contribution in [0.5, 0.6) is 0 Å². The summed E-state index contributed by atoms with van der Waals surface area (Å²) in [4.78, 5) is 18.5. The Morgan fingerprint density at radius 3 is 2.57 bits per heavy atom. The molecule has 0 aliphatic carbocycles. The second kappa shape index (κ2) is 5.39. The van der Waals surface area contributed by atoms with E-state index in [1.807, 2.05) is 36.4 Å². The SMILES string of the molecule is NC(=O)c1nn(-c2ccccc2)c2cc(N3CCCC3)ncc12. The number of rotatable bonds is 3. The van der Waals surface area contributed by atoms with Crippen LogP contribution in [-0.2, 0) is 0 Å². The third kappa shape index (κ3) is 2.32. The minimum atomic E-state index is -0.541. The number of hydrogen-bond donors (Lipinski definition) is 1. The lowest BCUT2D eigenvalue weighted by atomic mass is 10.2. The van der Waals surface area contributed by atoms with E-state index >= 15 is 0 Å². The second-order valence-corrected chi connectivity index (χ2v) is 5.71. The van der Waals surface area contributed by atoms with E-state index in [4.69, 9.17) is 5.73 Å². The minimum absolute atomic E-state index is 0.254. The van der Waals surface area contributed by atoms with Gasteiger partial charge in [-0.05, 0) is 25.0 Å². The zero-order valence-corrected chi connectivity index (χ0v) is 12.6. The molecule has 3 aromatic rings. The molecule has 23 heavy (non-hydrogen) atoms. The summed E-state index contributed by atoms with van der Waals surface area (Å²) in [6.07, 6.45) is 4.07. The molecule has 1 aliphatic heterocycles. The Morgan fingerprint density at radius 1 is 1.13 bits per heavy atom. The van der Waals surface area contributed by atoms with Gasteiger partial charge in [-0.15, -0.1) is 0 Å². The normalized spacial score (nSPS) is 14.5. The Bertz CT molecular complexity index is 865. The van der Waals surface area contributed by atoms with Gasteiger partial charge in [0.15, 0.2) is 5.69 Å². The lowest BCUT2D eigenvalue weighted by Gasteiger charge is -2.16. The number of anilines is 1. The molecule has 1 fully saturated rings. The zero-order chi connectivity index (χ0) is 15.8. The number of benzene rings is 1. The molecule has 1 aliphatic rings. The Labute approximate surface area is 133 Å². The molecule has 116 valence electrons. The molecule has 0 saturated carbocycles. The molecule has 2 N–H and O–H groups in total. The summed E-state index contributed by atoms with van der Waals surface area (Å²) in [7, 11) is 0. The lowest BCUT2D eigenvalue weighted by molar-refractivity contribution is 0.0996. The van der Waals surface area contributed by atoms with E-state index in [0.29, 0.717) is 5.39 Å². The number of nitrogens with zero attached hydrogens (tertiary/aromatic N) is 4. The topological polar surface area (TPSA) is 77.0 Å². The van der Waals surface area contributed by atoms with Gasteiger partial charge in [-0.25, -0.2) is 9.67 Å². The molecule has 1 amide bonds. The van der Waals surface area contributed by atoms with Crippen molar-refractivity contribution in [2.45, 2.75) is 12.8 Å². The average Bonchev–Trinajstić information content (AvgIpc) is 3.23. The van der Waals surface area contributed by atoms with Crippen LogP contribution in [0.3, 0.4) is 0 Å². The number of nitrogens with two attached hydrogens (primary N) is 1. The van der Waals surface area contributed by atoms with Crippen molar-refractivity contribution in [1.82, 2.24) is 14.8 Å². The minimum Gasteiger partial charge on any atom is -0.364 e. The number of para-hydroxylation sites is 1. The van der Waals surface area contributed by atoms with Crippen LogP contribution in [0.2, 0.25) is 0 Å². The molecule has 4 rings (SSSR count). The molecule has 0 spiro atoms. The number of primary amides is 1. The van der Waals surface area contributed by atoms with Gasteiger partial charge in [-0.3, -0.25) is 4.79 Å². The van der Waals surface area contributed by atoms with Gasteiger partial charge in [0.25, 0.3) is 5.91 Å². The van der Waals surface area contributed by atoms with Crippen LogP contribution in [0.25, 0.3) is 16.6 Å². The average molecular weight is 307 g/mol. The second-order valence-electron chi connectivity index (χ2n) is 5.71. The Hall–Kier alpha value is -2.89. The van der Waals surface area contributed by atoms with Crippen LogP contribution in [0.15, 0.2) is 42.6 Å². The summed E-state index contributed by atoms with van der Waals surface area (Å²) in [5.41, 5.74) is 7.47. The van der Waals surface area contributed by atoms with E-state index in [-0.39, 0.29) is 5.69 Å². The predicted molar refractivity (Wildman–Crippen MR) is 88.8 cm³/mol. The van der Waals surface area contributed by atoms with Crippen molar-refractivity contribution in [3.63, 3.8) is 0 Å². The van der Waals surface area contributed by atoms with Crippen molar-refractivity contribution < 1.29 is 4.79 Å². The van der Waals surface area contributed by atoms with Gasteiger partial charge in [0.1, 0.15) is 5.82 Å². The summed E-state index contributed by atoms with van der Waals surface area (Å²) >= 11 is 0. The first-order valence-electron chi connectivity index (χ1n) is 7.73. The summed E-state index contributed by atoms with van der Waals surface area (Å²) < 4.78 is 1.76. The Balaban J connectivity index is 1.93. The number of amides is 1. The summed E-state index contributed by atoms with van der Waals surface area (Å²) in [5.74, 6) is 0.378. The van der Waals surface area contributed by atoms with Gasteiger partial charge in [0.05, 0.1) is 16.6 Å². The van der Waals surface area contributed by atoms with Gasteiger partial charge in [-0.1, -0.05) is 18.2 Å². The molecule has 0 bridgehead atoms. The van der Waals surface area contributed by atoms with E-state index < -0.39 is 5.91 Å². The number of fused-ring (bicyclic) bond motifs is 1. The van der Waals surface area contributed by atoms with E-state index in [0.717, 1.165) is 30.1 Å². The van der Waals surface area contributed by atoms with Crippen LogP contribution < -0.4 is 10.6 Å².